The lowest BCUT2D eigenvalue weighted by molar-refractivity contribution is 0.126. The van der Waals surface area contributed by atoms with E-state index in [1.807, 2.05) is 51.1 Å². The van der Waals surface area contributed by atoms with Crippen molar-refractivity contribution in [3.8, 4) is 5.75 Å². The number of hydrogen-bond donors (Lipinski definition) is 1. The molecule has 0 fully saturated rings. The lowest BCUT2D eigenvalue weighted by Crippen LogP contribution is -2.20. The fourth-order valence-corrected chi connectivity index (χ4v) is 3.05. The van der Waals surface area contributed by atoms with Gasteiger partial charge in [0, 0.05) is 17.1 Å². The van der Waals surface area contributed by atoms with Crippen molar-refractivity contribution in [1.29, 1.82) is 0 Å². The number of benzene rings is 1. The van der Waals surface area contributed by atoms with E-state index in [-0.39, 0.29) is 6.61 Å². The molecule has 1 aromatic carbocycles. The topological polar surface area (TPSA) is 72.5 Å². The van der Waals surface area contributed by atoms with Crippen molar-refractivity contribution in [2.75, 3.05) is 12.4 Å². The fraction of sp³-hybridized carbons (Fsp3) is 0.353. The molecule has 0 radical (unpaired) electrons. The molecule has 0 amide bonds. The average molecular weight is 344 g/mol. The van der Waals surface area contributed by atoms with Gasteiger partial charge in [0.2, 0.25) is 5.16 Å². The van der Waals surface area contributed by atoms with E-state index >= 15 is 0 Å². The molecule has 0 aliphatic heterocycles. The Morgan fingerprint density at radius 3 is 2.83 bits per heavy atom. The van der Waals surface area contributed by atoms with E-state index in [0.29, 0.717) is 16.7 Å². The highest BCUT2D eigenvalue weighted by Gasteiger charge is 2.12. The van der Waals surface area contributed by atoms with Crippen LogP contribution in [0.1, 0.15) is 17.0 Å². The van der Waals surface area contributed by atoms with Crippen LogP contribution < -0.4 is 4.74 Å². The molecule has 0 saturated carbocycles. The second-order valence-corrected chi connectivity index (χ2v) is 6.72. The standard InChI is InChI=1S/C17H20N4O2S/c1-11-5-4-6-15(7-11)23-9-14(22)10-24-17-19-16-18-12(2)8-13(3)21(16)20-17/h4-8,14,22H,9-10H2,1-3H3/t14-/m0/s1. The van der Waals surface area contributed by atoms with Gasteiger partial charge in [-0.2, -0.15) is 4.98 Å². The molecule has 2 heterocycles. The second-order valence-electron chi connectivity index (χ2n) is 5.74. The minimum atomic E-state index is -0.599. The summed E-state index contributed by atoms with van der Waals surface area (Å²) in [5.41, 5.74) is 3.03. The fourth-order valence-electron chi connectivity index (χ4n) is 2.33. The van der Waals surface area contributed by atoms with Crippen molar-refractivity contribution in [2.24, 2.45) is 0 Å². The number of nitrogens with zero attached hydrogens (tertiary/aromatic N) is 4. The van der Waals surface area contributed by atoms with Crippen LogP contribution in [0.25, 0.3) is 5.78 Å². The first kappa shape index (κ1) is 16.7. The molecule has 0 spiro atoms. The molecule has 2 aromatic heterocycles. The molecule has 0 saturated heterocycles. The van der Waals surface area contributed by atoms with Crippen molar-refractivity contribution < 1.29 is 9.84 Å². The molecule has 6 nitrogen and oxygen atoms in total. The van der Waals surface area contributed by atoms with Gasteiger partial charge in [0.05, 0.1) is 6.10 Å². The van der Waals surface area contributed by atoms with Crippen LogP contribution in [0.3, 0.4) is 0 Å². The lowest BCUT2D eigenvalue weighted by atomic mass is 10.2. The van der Waals surface area contributed by atoms with E-state index in [4.69, 9.17) is 4.74 Å². The van der Waals surface area contributed by atoms with Crippen LogP contribution >= 0.6 is 11.8 Å². The third-order valence-electron chi connectivity index (χ3n) is 3.44. The maximum absolute atomic E-state index is 10.1. The van der Waals surface area contributed by atoms with Gasteiger partial charge in [0.1, 0.15) is 12.4 Å². The first-order valence-electron chi connectivity index (χ1n) is 7.72. The third-order valence-corrected chi connectivity index (χ3v) is 4.42. The van der Waals surface area contributed by atoms with Crippen LogP contribution in [0.4, 0.5) is 0 Å². The molecule has 0 unspecified atom stereocenters. The molecule has 24 heavy (non-hydrogen) atoms. The SMILES string of the molecule is Cc1cccc(OC[C@H](O)CSc2nc3nc(C)cc(C)n3n2)c1. The summed E-state index contributed by atoms with van der Waals surface area (Å²) >= 11 is 1.39. The number of aliphatic hydroxyl groups is 1. The number of aryl methyl sites for hydroxylation is 3. The van der Waals surface area contributed by atoms with Gasteiger partial charge < -0.3 is 9.84 Å². The highest BCUT2D eigenvalue weighted by molar-refractivity contribution is 7.99. The Hall–Kier alpha value is -2.12. The normalized spacial score (nSPS) is 12.5. The van der Waals surface area contributed by atoms with Gasteiger partial charge in [0.25, 0.3) is 5.78 Å². The zero-order valence-electron chi connectivity index (χ0n) is 13.9. The molecule has 3 rings (SSSR count). The van der Waals surface area contributed by atoms with E-state index in [0.717, 1.165) is 22.7 Å². The number of aliphatic hydroxyl groups excluding tert-OH is 1. The number of rotatable bonds is 6. The first-order chi connectivity index (χ1) is 11.5. The van der Waals surface area contributed by atoms with Crippen LogP contribution in [0.15, 0.2) is 35.5 Å². The van der Waals surface area contributed by atoms with E-state index in [9.17, 15) is 5.11 Å². The molecule has 1 atom stereocenters. The van der Waals surface area contributed by atoms with Gasteiger partial charge >= 0.3 is 0 Å². The van der Waals surface area contributed by atoms with E-state index < -0.39 is 6.10 Å². The zero-order valence-corrected chi connectivity index (χ0v) is 14.7. The molecule has 0 aliphatic rings. The lowest BCUT2D eigenvalue weighted by Gasteiger charge is -2.11. The quantitative estimate of drug-likeness (QED) is 0.693. The molecule has 1 N–H and O–H groups in total. The summed E-state index contributed by atoms with van der Waals surface area (Å²) in [5, 5.41) is 15.1. The van der Waals surface area contributed by atoms with E-state index in [1.54, 1.807) is 4.52 Å². The van der Waals surface area contributed by atoms with Crippen molar-refractivity contribution in [2.45, 2.75) is 32.0 Å². The monoisotopic (exact) mass is 344 g/mol. The second kappa shape index (κ2) is 7.19. The predicted molar refractivity (Wildman–Crippen MR) is 93.7 cm³/mol. The van der Waals surface area contributed by atoms with E-state index in [2.05, 4.69) is 15.1 Å². The summed E-state index contributed by atoms with van der Waals surface area (Å²) in [6.07, 6.45) is -0.599. The number of thioether (sulfide) groups is 1. The Kier molecular flexibility index (Phi) is 5.01. The number of ether oxygens (including phenoxy) is 1. The predicted octanol–water partition coefficient (Wildman–Crippen LogP) is 2.58. The Bertz CT molecular complexity index is 850. The van der Waals surface area contributed by atoms with Crippen molar-refractivity contribution in [3.05, 3.63) is 47.3 Å². The number of hydrogen-bond acceptors (Lipinski definition) is 6. The molecule has 0 aliphatic carbocycles. The summed E-state index contributed by atoms with van der Waals surface area (Å²) in [5.74, 6) is 1.81. The smallest absolute Gasteiger partial charge is 0.253 e. The molecule has 3 aromatic rings. The van der Waals surface area contributed by atoms with E-state index in [1.165, 1.54) is 11.8 Å². The maximum atomic E-state index is 10.1. The first-order valence-corrected chi connectivity index (χ1v) is 8.71. The van der Waals surface area contributed by atoms with Crippen LogP contribution in [-0.4, -0.2) is 43.2 Å². The zero-order chi connectivity index (χ0) is 17.1. The van der Waals surface area contributed by atoms with Gasteiger partial charge in [0.15, 0.2) is 0 Å². The maximum Gasteiger partial charge on any atom is 0.253 e. The Balaban J connectivity index is 1.56. The van der Waals surface area contributed by atoms with Crippen LogP contribution in [-0.2, 0) is 0 Å². The summed E-state index contributed by atoms with van der Waals surface area (Å²) in [6.45, 7) is 6.14. The summed E-state index contributed by atoms with van der Waals surface area (Å²) in [7, 11) is 0. The van der Waals surface area contributed by atoms with Crippen molar-refractivity contribution in [1.82, 2.24) is 19.6 Å². The van der Waals surface area contributed by atoms with Gasteiger partial charge in [-0.05, 0) is 44.5 Å². The molecular weight excluding hydrogens is 324 g/mol. The molecule has 7 heteroatoms. The summed E-state index contributed by atoms with van der Waals surface area (Å²) < 4.78 is 7.32. The largest absolute Gasteiger partial charge is 0.491 e. The minimum absolute atomic E-state index is 0.236. The van der Waals surface area contributed by atoms with Gasteiger partial charge in [-0.3, -0.25) is 0 Å². The summed E-state index contributed by atoms with van der Waals surface area (Å²) in [6, 6.07) is 9.73. The Morgan fingerprint density at radius 2 is 2.04 bits per heavy atom. The minimum Gasteiger partial charge on any atom is -0.491 e. The Labute approximate surface area is 144 Å². The average Bonchev–Trinajstić information content (AvgIpc) is 2.94. The molecular formula is C17H20N4O2S. The van der Waals surface area contributed by atoms with Gasteiger partial charge in [-0.25, -0.2) is 9.50 Å². The molecule has 126 valence electrons. The summed E-state index contributed by atoms with van der Waals surface area (Å²) in [4.78, 5) is 8.75. The highest BCUT2D eigenvalue weighted by Crippen LogP contribution is 2.17. The van der Waals surface area contributed by atoms with Gasteiger partial charge in [-0.1, -0.05) is 23.9 Å². The van der Waals surface area contributed by atoms with Gasteiger partial charge in [-0.15, -0.1) is 5.10 Å². The number of aromatic nitrogens is 4. The van der Waals surface area contributed by atoms with Crippen molar-refractivity contribution in [3.63, 3.8) is 0 Å². The molecule has 0 bridgehead atoms. The van der Waals surface area contributed by atoms with Crippen LogP contribution in [0.2, 0.25) is 0 Å². The highest BCUT2D eigenvalue weighted by atomic mass is 32.2. The third kappa shape index (κ3) is 4.04. The van der Waals surface area contributed by atoms with Crippen molar-refractivity contribution >= 4 is 17.5 Å². The van der Waals surface area contributed by atoms with Crippen LogP contribution in [0.5, 0.6) is 5.75 Å². The number of fused-ring (bicyclic) bond motifs is 1. The Morgan fingerprint density at radius 1 is 1.21 bits per heavy atom. The van der Waals surface area contributed by atoms with Crippen LogP contribution in [0, 0.1) is 20.8 Å².